The van der Waals surface area contributed by atoms with Crippen molar-refractivity contribution in [3.63, 3.8) is 0 Å². The third kappa shape index (κ3) is 5.02. The Balaban J connectivity index is 1.60. The van der Waals surface area contributed by atoms with E-state index in [1.165, 1.54) is 4.88 Å². The van der Waals surface area contributed by atoms with Gasteiger partial charge in [-0.15, -0.1) is 11.3 Å². The first-order valence-corrected chi connectivity index (χ1v) is 9.81. The van der Waals surface area contributed by atoms with Crippen LogP contribution in [-0.4, -0.2) is 33.4 Å². The number of nitrogens with zero attached hydrogens (tertiary/aromatic N) is 4. The van der Waals surface area contributed by atoms with Crippen LogP contribution in [0.5, 0.6) is 0 Å². The molecule has 6 nitrogen and oxygen atoms in total. The van der Waals surface area contributed by atoms with Gasteiger partial charge in [0.15, 0.2) is 5.96 Å². The number of hydrogen-bond donors (Lipinski definition) is 2. The van der Waals surface area contributed by atoms with Crippen LogP contribution in [0.4, 0.5) is 0 Å². The fourth-order valence-corrected chi connectivity index (χ4v) is 3.54. The van der Waals surface area contributed by atoms with Gasteiger partial charge in [-0.1, -0.05) is 0 Å². The summed E-state index contributed by atoms with van der Waals surface area (Å²) in [6.07, 6.45) is 6.81. The van der Waals surface area contributed by atoms with Gasteiger partial charge in [-0.2, -0.15) is 0 Å². The van der Waals surface area contributed by atoms with Gasteiger partial charge >= 0.3 is 0 Å². The topological polar surface area (TPSA) is 66.6 Å². The zero-order chi connectivity index (χ0) is 17.6. The van der Waals surface area contributed by atoms with Crippen LogP contribution < -0.4 is 10.6 Å². The van der Waals surface area contributed by atoms with Crippen LogP contribution in [0.2, 0.25) is 0 Å². The average Bonchev–Trinajstić information content (AvgIpc) is 3.18. The molecule has 0 aliphatic carbocycles. The molecule has 132 valence electrons. The Hall–Kier alpha value is -1.93. The predicted molar refractivity (Wildman–Crippen MR) is 106 cm³/mol. The summed E-state index contributed by atoms with van der Waals surface area (Å²) in [4.78, 5) is 14.8. The van der Waals surface area contributed by atoms with Crippen LogP contribution in [-0.2, 0) is 13.0 Å². The van der Waals surface area contributed by atoms with Crippen molar-refractivity contribution in [3.8, 4) is 0 Å². The number of rotatable bonds is 6. The molecule has 8 heteroatoms. The number of aliphatic imine (C=N–C) groups is 1. The molecule has 0 saturated heterocycles. The van der Waals surface area contributed by atoms with E-state index in [0.29, 0.717) is 6.54 Å². The Labute approximate surface area is 159 Å². The number of guanidine groups is 1. The number of nitrogens with one attached hydrogen (secondary N) is 2. The fraction of sp³-hybridized carbons (Fsp3) is 0.353. The molecule has 0 atom stereocenters. The molecule has 25 heavy (non-hydrogen) atoms. The molecule has 0 unspecified atom stereocenters. The first kappa shape index (κ1) is 17.9. The van der Waals surface area contributed by atoms with Gasteiger partial charge < -0.3 is 15.0 Å². The predicted octanol–water partition coefficient (Wildman–Crippen LogP) is 3.16. The second-order valence-corrected chi connectivity index (χ2v) is 7.82. The van der Waals surface area contributed by atoms with E-state index in [0.717, 1.165) is 46.3 Å². The third-order valence-corrected chi connectivity index (χ3v) is 4.95. The van der Waals surface area contributed by atoms with Gasteiger partial charge in [-0.3, -0.25) is 0 Å². The maximum absolute atomic E-state index is 4.63. The van der Waals surface area contributed by atoms with Crippen LogP contribution in [0.25, 0.3) is 5.65 Å². The van der Waals surface area contributed by atoms with Gasteiger partial charge in [0.05, 0.1) is 17.2 Å². The normalized spacial score (nSPS) is 11.9. The molecule has 0 bridgehead atoms. The smallest absolute Gasteiger partial charge is 0.191 e. The molecule has 0 radical (unpaired) electrons. The molecular formula is C17H21BrN6S. The second-order valence-electron chi connectivity index (χ2n) is 5.58. The minimum atomic E-state index is 0.533. The van der Waals surface area contributed by atoms with Gasteiger partial charge in [0, 0.05) is 47.5 Å². The van der Waals surface area contributed by atoms with Gasteiger partial charge in [0.1, 0.15) is 5.65 Å². The van der Waals surface area contributed by atoms with Crippen molar-refractivity contribution < 1.29 is 0 Å². The second kappa shape index (κ2) is 8.44. The number of hydrogen-bond acceptors (Lipinski definition) is 4. The molecule has 0 amide bonds. The highest BCUT2D eigenvalue weighted by Gasteiger charge is 2.04. The average molecular weight is 421 g/mol. The summed E-state index contributed by atoms with van der Waals surface area (Å²) in [5.74, 6) is 0.800. The SMILES string of the molecule is CCNC(=NCc1cn2cc(Br)ccc2n1)NCCc1ncc(C)s1. The first-order valence-electron chi connectivity index (χ1n) is 8.20. The van der Waals surface area contributed by atoms with E-state index in [2.05, 4.69) is 55.4 Å². The third-order valence-electron chi connectivity index (χ3n) is 3.51. The van der Waals surface area contributed by atoms with Gasteiger partial charge in [-0.05, 0) is 41.9 Å². The summed E-state index contributed by atoms with van der Waals surface area (Å²) in [5, 5.41) is 7.77. The Morgan fingerprint density at radius 1 is 1.32 bits per heavy atom. The van der Waals surface area contributed by atoms with Crippen molar-refractivity contribution in [2.24, 2.45) is 4.99 Å². The van der Waals surface area contributed by atoms with E-state index < -0.39 is 0 Å². The van der Waals surface area contributed by atoms with Gasteiger partial charge in [0.25, 0.3) is 0 Å². The molecule has 3 aromatic heterocycles. The number of imidazole rings is 1. The van der Waals surface area contributed by atoms with Crippen LogP contribution in [0.15, 0.2) is 40.2 Å². The number of aromatic nitrogens is 3. The largest absolute Gasteiger partial charge is 0.357 e. The number of fused-ring (bicyclic) bond motifs is 1. The van der Waals surface area contributed by atoms with Gasteiger partial charge in [0.2, 0.25) is 0 Å². The lowest BCUT2D eigenvalue weighted by Crippen LogP contribution is -2.38. The van der Waals surface area contributed by atoms with Crippen LogP contribution in [0.3, 0.4) is 0 Å². The molecule has 3 aromatic rings. The lowest BCUT2D eigenvalue weighted by Gasteiger charge is -2.10. The molecule has 0 spiro atoms. The molecule has 0 fully saturated rings. The van der Waals surface area contributed by atoms with E-state index in [4.69, 9.17) is 0 Å². The van der Waals surface area contributed by atoms with Gasteiger partial charge in [-0.25, -0.2) is 15.0 Å². The maximum atomic E-state index is 4.63. The fourth-order valence-electron chi connectivity index (χ4n) is 2.40. The van der Waals surface area contributed by atoms with Crippen molar-refractivity contribution in [1.82, 2.24) is 25.0 Å². The van der Waals surface area contributed by atoms with Crippen LogP contribution >= 0.6 is 27.3 Å². The van der Waals surface area contributed by atoms with Crippen molar-refractivity contribution in [3.05, 3.63) is 50.8 Å². The number of thiazole rings is 1. The van der Waals surface area contributed by atoms with Crippen molar-refractivity contribution >= 4 is 38.9 Å². The molecule has 0 aliphatic rings. The first-order chi connectivity index (χ1) is 12.1. The molecule has 0 saturated carbocycles. The van der Waals surface area contributed by atoms with Crippen LogP contribution in [0, 0.1) is 6.92 Å². The highest BCUT2D eigenvalue weighted by atomic mass is 79.9. The number of aryl methyl sites for hydroxylation is 1. The zero-order valence-corrected chi connectivity index (χ0v) is 16.7. The summed E-state index contributed by atoms with van der Waals surface area (Å²) in [7, 11) is 0. The number of pyridine rings is 1. The van der Waals surface area contributed by atoms with E-state index in [1.54, 1.807) is 11.3 Å². The summed E-state index contributed by atoms with van der Waals surface area (Å²) in [6, 6.07) is 3.97. The summed E-state index contributed by atoms with van der Waals surface area (Å²) in [6.45, 7) is 6.29. The summed E-state index contributed by atoms with van der Waals surface area (Å²) < 4.78 is 3.03. The van der Waals surface area contributed by atoms with Crippen LogP contribution in [0.1, 0.15) is 22.5 Å². The molecule has 0 aromatic carbocycles. The Morgan fingerprint density at radius 3 is 2.96 bits per heavy atom. The Bertz CT molecular complexity index is 869. The molecular weight excluding hydrogens is 400 g/mol. The van der Waals surface area contributed by atoms with E-state index in [9.17, 15) is 0 Å². The van der Waals surface area contributed by atoms with E-state index in [1.807, 2.05) is 35.1 Å². The monoisotopic (exact) mass is 420 g/mol. The molecule has 0 aliphatic heterocycles. The zero-order valence-electron chi connectivity index (χ0n) is 14.3. The minimum Gasteiger partial charge on any atom is -0.357 e. The number of halogens is 1. The lowest BCUT2D eigenvalue weighted by molar-refractivity contribution is 0.794. The van der Waals surface area contributed by atoms with E-state index >= 15 is 0 Å². The highest BCUT2D eigenvalue weighted by molar-refractivity contribution is 9.10. The standard InChI is InChI=1S/C17H21BrN6S/c1-3-19-17(20-7-6-16-21-8-12(2)25-16)22-9-14-11-24-10-13(18)4-5-15(24)23-14/h4-5,8,10-11H,3,6-7,9H2,1-2H3,(H2,19,20,22). The van der Waals surface area contributed by atoms with Crippen molar-refractivity contribution in [2.75, 3.05) is 13.1 Å². The summed E-state index contributed by atoms with van der Waals surface area (Å²) >= 11 is 5.21. The molecule has 3 heterocycles. The molecule has 3 rings (SSSR count). The lowest BCUT2D eigenvalue weighted by atomic mass is 10.4. The van der Waals surface area contributed by atoms with E-state index in [-0.39, 0.29) is 0 Å². The minimum absolute atomic E-state index is 0.533. The van der Waals surface area contributed by atoms with Crippen molar-refractivity contribution in [2.45, 2.75) is 26.8 Å². The maximum Gasteiger partial charge on any atom is 0.191 e. The Morgan fingerprint density at radius 2 is 2.20 bits per heavy atom. The summed E-state index contributed by atoms with van der Waals surface area (Å²) in [5.41, 5.74) is 1.86. The molecule has 2 N–H and O–H groups in total. The van der Waals surface area contributed by atoms with Crippen molar-refractivity contribution in [1.29, 1.82) is 0 Å². The Kier molecular flexibility index (Phi) is 6.04. The quantitative estimate of drug-likeness (QED) is 0.474. The highest BCUT2D eigenvalue weighted by Crippen LogP contribution is 2.13.